The topological polar surface area (TPSA) is 49.9 Å². The molecular weight excluding hydrogens is 328 g/mol. The highest BCUT2D eigenvalue weighted by atomic mass is 16.5. The number of hydrogen-bond donors (Lipinski definition) is 0. The lowest BCUT2D eigenvalue weighted by molar-refractivity contribution is -0.143. The number of hydrogen-bond acceptors (Lipinski definition) is 3. The van der Waals surface area contributed by atoms with Gasteiger partial charge in [0.1, 0.15) is 0 Å². The molecule has 1 atom stereocenters. The van der Waals surface area contributed by atoms with Crippen molar-refractivity contribution in [3.63, 3.8) is 0 Å². The third-order valence-electron chi connectivity index (χ3n) is 5.93. The van der Waals surface area contributed by atoms with E-state index in [-0.39, 0.29) is 23.1 Å². The Bertz CT molecular complexity index is 623. The molecule has 1 aromatic carbocycles. The first-order valence-electron chi connectivity index (χ1n) is 9.70. The molecule has 2 aliphatic rings. The van der Waals surface area contributed by atoms with Gasteiger partial charge in [-0.15, -0.1) is 0 Å². The molecule has 5 nitrogen and oxygen atoms in total. The SMILES string of the molecule is CCOCCC(=O)N1CCC2(CC1)C[C@H](c1ccccc1)C(=O)N(C)C2. The molecule has 0 aliphatic carbocycles. The normalized spacial score (nSPS) is 22.7. The molecule has 1 aromatic rings. The van der Waals surface area contributed by atoms with Crippen LogP contribution in [0.4, 0.5) is 0 Å². The average Bonchev–Trinajstić information content (AvgIpc) is 2.66. The van der Waals surface area contributed by atoms with E-state index in [1.165, 1.54) is 0 Å². The Morgan fingerprint density at radius 1 is 1.23 bits per heavy atom. The zero-order chi connectivity index (χ0) is 18.6. The number of carbonyl (C=O) groups is 2. The summed E-state index contributed by atoms with van der Waals surface area (Å²) in [7, 11) is 1.92. The monoisotopic (exact) mass is 358 g/mol. The molecule has 2 heterocycles. The van der Waals surface area contributed by atoms with Gasteiger partial charge in [-0.25, -0.2) is 0 Å². The Labute approximate surface area is 156 Å². The Hall–Kier alpha value is -1.88. The molecule has 26 heavy (non-hydrogen) atoms. The summed E-state index contributed by atoms with van der Waals surface area (Å²) in [5, 5.41) is 0. The largest absolute Gasteiger partial charge is 0.381 e. The van der Waals surface area contributed by atoms with E-state index in [4.69, 9.17) is 4.74 Å². The molecule has 2 fully saturated rings. The summed E-state index contributed by atoms with van der Waals surface area (Å²) in [5.41, 5.74) is 1.23. The summed E-state index contributed by atoms with van der Waals surface area (Å²) >= 11 is 0. The van der Waals surface area contributed by atoms with Gasteiger partial charge in [-0.3, -0.25) is 9.59 Å². The minimum absolute atomic E-state index is 0.0600. The van der Waals surface area contributed by atoms with E-state index in [0.29, 0.717) is 19.6 Å². The summed E-state index contributed by atoms with van der Waals surface area (Å²) in [4.78, 5) is 28.9. The van der Waals surface area contributed by atoms with Crippen LogP contribution in [0, 0.1) is 5.41 Å². The van der Waals surface area contributed by atoms with Gasteiger partial charge in [-0.05, 0) is 37.2 Å². The maximum absolute atomic E-state index is 12.7. The first-order chi connectivity index (χ1) is 12.5. The van der Waals surface area contributed by atoms with Gasteiger partial charge in [-0.2, -0.15) is 0 Å². The van der Waals surface area contributed by atoms with Gasteiger partial charge in [0, 0.05) is 33.3 Å². The van der Waals surface area contributed by atoms with Crippen LogP contribution in [0.5, 0.6) is 0 Å². The molecule has 0 bridgehead atoms. The van der Waals surface area contributed by atoms with Crippen LogP contribution in [0.1, 0.15) is 44.1 Å². The number of likely N-dealkylation sites (N-methyl/N-ethyl adjacent to an activating group) is 1. The number of nitrogens with zero attached hydrogens (tertiary/aromatic N) is 2. The predicted molar refractivity (Wildman–Crippen MR) is 101 cm³/mol. The third-order valence-corrected chi connectivity index (χ3v) is 5.93. The second-order valence-electron chi connectivity index (χ2n) is 7.69. The summed E-state index contributed by atoms with van der Waals surface area (Å²) in [6.45, 7) is 5.47. The van der Waals surface area contributed by atoms with Crippen LogP contribution < -0.4 is 0 Å². The fourth-order valence-electron chi connectivity index (χ4n) is 4.43. The quantitative estimate of drug-likeness (QED) is 0.761. The van der Waals surface area contributed by atoms with Crippen LogP contribution in [0.15, 0.2) is 30.3 Å². The number of benzene rings is 1. The molecular formula is C21H30N2O3. The molecule has 0 radical (unpaired) electrons. The highest BCUT2D eigenvalue weighted by Crippen LogP contribution is 2.45. The first-order valence-corrected chi connectivity index (χ1v) is 9.70. The summed E-state index contributed by atoms with van der Waals surface area (Å²) in [6.07, 6.45) is 3.29. The van der Waals surface area contributed by atoms with Gasteiger partial charge in [0.15, 0.2) is 0 Å². The van der Waals surface area contributed by atoms with E-state index in [9.17, 15) is 9.59 Å². The van der Waals surface area contributed by atoms with Crippen LogP contribution in [0.3, 0.4) is 0 Å². The van der Waals surface area contributed by atoms with E-state index in [2.05, 4.69) is 12.1 Å². The van der Waals surface area contributed by atoms with Crippen LogP contribution in [-0.2, 0) is 14.3 Å². The molecule has 2 aliphatic heterocycles. The van der Waals surface area contributed by atoms with Crippen molar-refractivity contribution >= 4 is 11.8 Å². The zero-order valence-corrected chi connectivity index (χ0v) is 15.9. The van der Waals surface area contributed by atoms with Crippen LogP contribution in [0.25, 0.3) is 0 Å². The van der Waals surface area contributed by atoms with Gasteiger partial charge in [-0.1, -0.05) is 30.3 Å². The van der Waals surface area contributed by atoms with Gasteiger partial charge < -0.3 is 14.5 Å². The Morgan fingerprint density at radius 3 is 2.58 bits per heavy atom. The molecule has 5 heteroatoms. The lowest BCUT2D eigenvalue weighted by Gasteiger charge is -2.49. The van der Waals surface area contributed by atoms with Crippen LogP contribution >= 0.6 is 0 Å². The number of amides is 2. The molecule has 0 aromatic heterocycles. The molecule has 3 rings (SSSR count). The van der Waals surface area contributed by atoms with Crippen LogP contribution in [0.2, 0.25) is 0 Å². The van der Waals surface area contributed by atoms with E-state index in [1.54, 1.807) is 0 Å². The molecule has 1 spiro atoms. The highest BCUT2D eigenvalue weighted by Gasteiger charge is 2.45. The lowest BCUT2D eigenvalue weighted by atomic mass is 9.67. The highest BCUT2D eigenvalue weighted by molar-refractivity contribution is 5.84. The smallest absolute Gasteiger partial charge is 0.229 e. The number of rotatable bonds is 5. The van der Waals surface area contributed by atoms with Crippen LogP contribution in [-0.4, -0.2) is 61.5 Å². The van der Waals surface area contributed by atoms with Crippen molar-refractivity contribution in [1.29, 1.82) is 0 Å². The van der Waals surface area contributed by atoms with Crippen molar-refractivity contribution in [1.82, 2.24) is 9.80 Å². The second-order valence-corrected chi connectivity index (χ2v) is 7.69. The lowest BCUT2D eigenvalue weighted by Crippen LogP contribution is -2.53. The minimum atomic E-state index is -0.0600. The maximum atomic E-state index is 12.7. The van der Waals surface area contributed by atoms with Crippen molar-refractivity contribution in [3.05, 3.63) is 35.9 Å². The van der Waals surface area contributed by atoms with E-state index >= 15 is 0 Å². The minimum Gasteiger partial charge on any atom is -0.381 e. The summed E-state index contributed by atoms with van der Waals surface area (Å²) < 4.78 is 5.30. The fourth-order valence-corrected chi connectivity index (χ4v) is 4.43. The maximum Gasteiger partial charge on any atom is 0.229 e. The molecule has 0 unspecified atom stereocenters. The van der Waals surface area contributed by atoms with E-state index < -0.39 is 0 Å². The van der Waals surface area contributed by atoms with Crippen molar-refractivity contribution in [2.45, 2.75) is 38.5 Å². The number of ether oxygens (including phenoxy) is 1. The number of likely N-dealkylation sites (tertiary alicyclic amines) is 2. The number of carbonyl (C=O) groups excluding carboxylic acids is 2. The fraction of sp³-hybridized carbons (Fsp3) is 0.619. The van der Waals surface area contributed by atoms with Gasteiger partial charge in [0.05, 0.1) is 18.9 Å². The summed E-state index contributed by atoms with van der Waals surface area (Å²) in [5.74, 6) is 0.348. The second kappa shape index (κ2) is 8.21. The van der Waals surface area contributed by atoms with Crippen molar-refractivity contribution in [3.8, 4) is 0 Å². The van der Waals surface area contributed by atoms with Gasteiger partial charge in [0.2, 0.25) is 11.8 Å². The summed E-state index contributed by atoms with van der Waals surface area (Å²) in [6, 6.07) is 10.1. The molecule has 0 saturated carbocycles. The number of piperidine rings is 2. The molecule has 2 amide bonds. The molecule has 142 valence electrons. The zero-order valence-electron chi connectivity index (χ0n) is 15.9. The van der Waals surface area contributed by atoms with Gasteiger partial charge >= 0.3 is 0 Å². The molecule has 2 saturated heterocycles. The van der Waals surface area contributed by atoms with E-state index in [1.807, 2.05) is 42.0 Å². The van der Waals surface area contributed by atoms with Crippen molar-refractivity contribution < 1.29 is 14.3 Å². The first kappa shape index (κ1) is 18.9. The standard InChI is InChI=1S/C21H30N2O3/c1-3-26-14-9-19(24)23-12-10-21(11-13-23)15-18(20(25)22(2)16-21)17-7-5-4-6-8-17/h4-8,18H,3,9-16H2,1-2H3/t18-/m1/s1. The predicted octanol–water partition coefficient (Wildman–Crippen LogP) is 2.67. The Morgan fingerprint density at radius 2 is 1.92 bits per heavy atom. The Balaban J connectivity index is 1.64. The van der Waals surface area contributed by atoms with Crippen molar-refractivity contribution in [2.24, 2.45) is 5.41 Å². The third kappa shape index (κ3) is 4.09. The Kier molecular flexibility index (Phi) is 5.97. The molecule has 0 N–H and O–H groups in total. The average molecular weight is 358 g/mol. The van der Waals surface area contributed by atoms with E-state index in [0.717, 1.165) is 44.5 Å². The van der Waals surface area contributed by atoms with Gasteiger partial charge in [0.25, 0.3) is 0 Å². The van der Waals surface area contributed by atoms with Crippen molar-refractivity contribution in [2.75, 3.05) is 39.9 Å².